The lowest BCUT2D eigenvalue weighted by Crippen LogP contribution is -2.27. The third-order valence-electron chi connectivity index (χ3n) is 2.19. The highest BCUT2D eigenvalue weighted by Gasteiger charge is 2.12. The molecular formula is C12H15ClFNO2. The van der Waals surface area contributed by atoms with Gasteiger partial charge in [0.1, 0.15) is 5.82 Å². The molecule has 0 aliphatic rings. The maximum Gasteiger partial charge on any atom is 0.320 e. The highest BCUT2D eigenvalue weighted by molar-refractivity contribution is 6.31. The molecule has 0 radical (unpaired) electrons. The van der Waals surface area contributed by atoms with Crippen LogP contribution in [0.3, 0.4) is 0 Å². The SMILES string of the molecule is CCOC(=O)CN(C)Cc1c(F)cccc1Cl. The van der Waals surface area contributed by atoms with Gasteiger partial charge in [-0.3, -0.25) is 9.69 Å². The van der Waals surface area contributed by atoms with Gasteiger partial charge in [-0.1, -0.05) is 17.7 Å². The summed E-state index contributed by atoms with van der Waals surface area (Å²) in [6.07, 6.45) is 0. The summed E-state index contributed by atoms with van der Waals surface area (Å²) in [7, 11) is 1.71. The minimum atomic E-state index is -0.367. The number of esters is 1. The number of hydrogen-bond donors (Lipinski definition) is 0. The number of nitrogens with zero attached hydrogens (tertiary/aromatic N) is 1. The molecule has 1 aromatic rings. The highest BCUT2D eigenvalue weighted by atomic mass is 35.5. The molecule has 0 saturated heterocycles. The second-order valence-corrected chi connectivity index (χ2v) is 4.08. The third kappa shape index (κ3) is 4.32. The van der Waals surface area contributed by atoms with Gasteiger partial charge in [-0.25, -0.2) is 4.39 Å². The van der Waals surface area contributed by atoms with Crippen LogP contribution in [0.1, 0.15) is 12.5 Å². The summed E-state index contributed by atoms with van der Waals surface area (Å²) >= 11 is 5.89. The van der Waals surface area contributed by atoms with Gasteiger partial charge in [-0.05, 0) is 26.1 Å². The van der Waals surface area contributed by atoms with E-state index < -0.39 is 0 Å². The molecule has 0 N–H and O–H groups in total. The number of hydrogen-bond acceptors (Lipinski definition) is 3. The van der Waals surface area contributed by atoms with Crippen molar-refractivity contribution < 1.29 is 13.9 Å². The van der Waals surface area contributed by atoms with Crippen molar-refractivity contribution in [2.75, 3.05) is 20.2 Å². The van der Waals surface area contributed by atoms with Crippen LogP contribution in [0, 0.1) is 5.82 Å². The predicted molar refractivity (Wildman–Crippen MR) is 64.4 cm³/mol. The molecular weight excluding hydrogens is 245 g/mol. The number of rotatable bonds is 5. The largest absolute Gasteiger partial charge is 0.465 e. The maximum absolute atomic E-state index is 13.5. The lowest BCUT2D eigenvalue weighted by molar-refractivity contribution is -0.144. The van der Waals surface area contributed by atoms with E-state index >= 15 is 0 Å². The van der Waals surface area contributed by atoms with Crippen LogP contribution in [0.5, 0.6) is 0 Å². The summed E-state index contributed by atoms with van der Waals surface area (Å²) in [6.45, 7) is 2.46. The van der Waals surface area contributed by atoms with Crippen molar-refractivity contribution in [1.29, 1.82) is 0 Å². The molecule has 0 aliphatic carbocycles. The quantitative estimate of drug-likeness (QED) is 0.761. The zero-order chi connectivity index (χ0) is 12.8. The molecule has 0 spiro atoms. The first-order valence-corrected chi connectivity index (χ1v) is 5.69. The fourth-order valence-electron chi connectivity index (χ4n) is 1.44. The lowest BCUT2D eigenvalue weighted by atomic mass is 10.2. The van der Waals surface area contributed by atoms with Gasteiger partial charge < -0.3 is 4.74 Å². The molecule has 0 saturated carbocycles. The van der Waals surface area contributed by atoms with E-state index in [0.29, 0.717) is 17.2 Å². The molecule has 94 valence electrons. The molecule has 1 aromatic carbocycles. The minimum Gasteiger partial charge on any atom is -0.465 e. The van der Waals surface area contributed by atoms with E-state index in [-0.39, 0.29) is 24.9 Å². The molecule has 0 fully saturated rings. The van der Waals surface area contributed by atoms with Crippen LogP contribution in [-0.4, -0.2) is 31.1 Å². The fourth-order valence-corrected chi connectivity index (χ4v) is 1.66. The normalized spacial score (nSPS) is 10.6. The molecule has 0 bridgehead atoms. The number of carbonyl (C=O) groups excluding carboxylic acids is 1. The van der Waals surface area contributed by atoms with Gasteiger partial charge in [0.2, 0.25) is 0 Å². The maximum atomic E-state index is 13.5. The Bertz CT molecular complexity index is 378. The molecule has 0 aromatic heterocycles. The van der Waals surface area contributed by atoms with E-state index in [9.17, 15) is 9.18 Å². The molecule has 3 nitrogen and oxygen atoms in total. The summed E-state index contributed by atoms with van der Waals surface area (Å²) in [5.41, 5.74) is 0.390. The Balaban J connectivity index is 2.62. The Morgan fingerprint density at radius 2 is 2.24 bits per heavy atom. The van der Waals surface area contributed by atoms with Crippen LogP contribution in [-0.2, 0) is 16.1 Å². The number of halogens is 2. The number of carbonyl (C=O) groups is 1. The smallest absolute Gasteiger partial charge is 0.320 e. The summed E-state index contributed by atoms with van der Waals surface area (Å²) in [4.78, 5) is 12.9. The van der Waals surface area contributed by atoms with Crippen LogP contribution in [0.15, 0.2) is 18.2 Å². The second-order valence-electron chi connectivity index (χ2n) is 3.68. The molecule has 5 heteroatoms. The van der Waals surface area contributed by atoms with Gasteiger partial charge in [-0.15, -0.1) is 0 Å². The average Bonchev–Trinajstić information content (AvgIpc) is 2.24. The zero-order valence-electron chi connectivity index (χ0n) is 9.87. The lowest BCUT2D eigenvalue weighted by Gasteiger charge is -2.16. The van der Waals surface area contributed by atoms with Crippen molar-refractivity contribution in [3.05, 3.63) is 34.6 Å². The first-order valence-electron chi connectivity index (χ1n) is 5.31. The summed E-state index contributed by atoms with van der Waals surface area (Å²) in [6, 6.07) is 4.52. The highest BCUT2D eigenvalue weighted by Crippen LogP contribution is 2.20. The van der Waals surface area contributed by atoms with Crippen LogP contribution in [0.25, 0.3) is 0 Å². The molecule has 1 rings (SSSR count). The predicted octanol–water partition coefficient (Wildman–Crippen LogP) is 2.47. The Morgan fingerprint density at radius 3 is 2.82 bits per heavy atom. The molecule has 0 heterocycles. The molecule has 0 amide bonds. The summed E-state index contributed by atoms with van der Waals surface area (Å²) < 4.78 is 18.3. The standard InChI is InChI=1S/C12H15ClFNO2/c1-3-17-12(16)8-15(2)7-9-10(13)5-4-6-11(9)14/h4-6H,3,7-8H2,1-2H3. The number of benzene rings is 1. The van der Waals surface area contributed by atoms with Crippen molar-refractivity contribution in [3.63, 3.8) is 0 Å². The fraction of sp³-hybridized carbons (Fsp3) is 0.417. The molecule has 17 heavy (non-hydrogen) atoms. The molecule has 0 unspecified atom stereocenters. The van der Waals surface area contributed by atoms with Crippen LogP contribution >= 0.6 is 11.6 Å². The first-order chi connectivity index (χ1) is 8.04. The summed E-state index contributed by atoms with van der Waals surface area (Å²) in [5, 5.41) is 0.362. The molecule has 0 aliphatic heterocycles. The van der Waals surface area contributed by atoms with Gasteiger partial charge in [0, 0.05) is 17.1 Å². The van der Waals surface area contributed by atoms with Crippen LogP contribution in [0.2, 0.25) is 5.02 Å². The van der Waals surface area contributed by atoms with Gasteiger partial charge in [0.05, 0.1) is 13.2 Å². The van der Waals surface area contributed by atoms with E-state index in [1.807, 2.05) is 0 Å². The second kappa shape index (κ2) is 6.57. The molecule has 0 atom stereocenters. The van der Waals surface area contributed by atoms with Crippen LogP contribution < -0.4 is 0 Å². The Hall–Kier alpha value is -1.13. The van der Waals surface area contributed by atoms with Crippen molar-refractivity contribution >= 4 is 17.6 Å². The van der Waals surface area contributed by atoms with E-state index in [2.05, 4.69) is 0 Å². The topological polar surface area (TPSA) is 29.5 Å². The Labute approximate surface area is 105 Å². The van der Waals surface area contributed by atoms with E-state index in [4.69, 9.17) is 16.3 Å². The third-order valence-corrected chi connectivity index (χ3v) is 2.55. The summed E-state index contributed by atoms with van der Waals surface area (Å²) in [5.74, 6) is -0.698. The number of likely N-dealkylation sites (N-methyl/N-ethyl adjacent to an activating group) is 1. The monoisotopic (exact) mass is 259 g/mol. The van der Waals surface area contributed by atoms with Gasteiger partial charge in [0.15, 0.2) is 0 Å². The van der Waals surface area contributed by atoms with Crippen LogP contribution in [0.4, 0.5) is 4.39 Å². The van der Waals surface area contributed by atoms with E-state index in [0.717, 1.165) is 0 Å². The Kier molecular flexibility index (Phi) is 5.38. The van der Waals surface area contributed by atoms with Gasteiger partial charge in [0.25, 0.3) is 0 Å². The minimum absolute atomic E-state index is 0.110. The van der Waals surface area contributed by atoms with Crippen molar-refractivity contribution in [1.82, 2.24) is 4.90 Å². The first kappa shape index (κ1) is 13.9. The van der Waals surface area contributed by atoms with Crippen molar-refractivity contribution in [2.45, 2.75) is 13.5 Å². The van der Waals surface area contributed by atoms with Crippen molar-refractivity contribution in [2.24, 2.45) is 0 Å². The Morgan fingerprint density at radius 1 is 1.53 bits per heavy atom. The zero-order valence-corrected chi connectivity index (χ0v) is 10.6. The van der Waals surface area contributed by atoms with Gasteiger partial charge in [-0.2, -0.15) is 0 Å². The van der Waals surface area contributed by atoms with E-state index in [1.165, 1.54) is 6.07 Å². The van der Waals surface area contributed by atoms with Gasteiger partial charge >= 0.3 is 5.97 Å². The van der Waals surface area contributed by atoms with Crippen molar-refractivity contribution in [3.8, 4) is 0 Å². The number of ether oxygens (including phenoxy) is 1. The average molecular weight is 260 g/mol. The van der Waals surface area contributed by atoms with E-state index in [1.54, 1.807) is 31.0 Å².